The average Bonchev–Trinajstić information content (AvgIpc) is 2.77. The third kappa shape index (κ3) is 4.40. The van der Waals surface area contributed by atoms with Crippen molar-refractivity contribution >= 4 is 34.1 Å². The summed E-state index contributed by atoms with van der Waals surface area (Å²) in [5, 5.41) is 9.68. The lowest BCUT2D eigenvalue weighted by atomic mass is 9.95. The second-order valence-electron chi connectivity index (χ2n) is 7.43. The van der Waals surface area contributed by atoms with Crippen LogP contribution in [0.2, 0.25) is 0 Å². The van der Waals surface area contributed by atoms with Gasteiger partial charge < -0.3 is 19.8 Å². The molecular weight excluding hydrogens is 382 g/mol. The molecule has 1 aliphatic carbocycles. The highest BCUT2D eigenvalue weighted by Crippen LogP contribution is 2.32. The van der Waals surface area contributed by atoms with E-state index in [4.69, 9.17) is 9.15 Å². The Kier molecular flexibility index (Phi) is 5.88. The molecule has 0 atom stereocenters. The summed E-state index contributed by atoms with van der Waals surface area (Å²) in [7, 11) is 1.56. The lowest BCUT2D eigenvalue weighted by Gasteiger charge is -2.25. The second kappa shape index (κ2) is 8.90. The van der Waals surface area contributed by atoms with Crippen molar-refractivity contribution in [3.63, 3.8) is 0 Å². The molecule has 0 unspecified atom stereocenters. The summed E-state index contributed by atoms with van der Waals surface area (Å²) < 4.78 is 10.6. The van der Waals surface area contributed by atoms with Gasteiger partial charge in [0.25, 0.3) is 0 Å². The van der Waals surface area contributed by atoms with E-state index in [0.29, 0.717) is 22.7 Å². The van der Waals surface area contributed by atoms with Crippen LogP contribution in [0.15, 0.2) is 57.7 Å². The number of carbonyl (C=O) groups excluding carboxylic acids is 1. The lowest BCUT2D eigenvalue weighted by molar-refractivity contribution is 0.262. The summed E-state index contributed by atoms with van der Waals surface area (Å²) in [5.74, 6) is 0.623. The Morgan fingerprint density at radius 3 is 2.60 bits per heavy atom. The van der Waals surface area contributed by atoms with E-state index in [1.54, 1.807) is 37.4 Å². The molecule has 4 rings (SSSR count). The van der Waals surface area contributed by atoms with Crippen molar-refractivity contribution < 1.29 is 13.9 Å². The van der Waals surface area contributed by atoms with Gasteiger partial charge in [-0.15, -0.1) is 0 Å². The first-order chi connectivity index (χ1) is 14.6. The summed E-state index contributed by atoms with van der Waals surface area (Å²) >= 11 is 0. The van der Waals surface area contributed by atoms with Crippen molar-refractivity contribution in [1.29, 1.82) is 0 Å². The summed E-state index contributed by atoms with van der Waals surface area (Å²) in [4.78, 5) is 25.4. The van der Waals surface area contributed by atoms with Crippen molar-refractivity contribution in [3.8, 4) is 5.75 Å². The van der Waals surface area contributed by atoms with E-state index in [2.05, 4.69) is 16.0 Å². The maximum atomic E-state index is 12.7. The molecule has 30 heavy (non-hydrogen) atoms. The van der Waals surface area contributed by atoms with Gasteiger partial charge in [0.1, 0.15) is 11.3 Å². The van der Waals surface area contributed by atoms with Crippen molar-refractivity contribution in [2.45, 2.75) is 38.1 Å². The number of amides is 2. The largest absolute Gasteiger partial charge is 0.497 e. The topological polar surface area (TPSA) is 92.6 Å². The SMILES string of the molecule is COc1cccc(NC(=O)Nc2c(NC3CCCCC3)c3ccccc3oc2=O)c1. The molecule has 0 radical (unpaired) electrons. The molecule has 1 aromatic heterocycles. The first kappa shape index (κ1) is 19.8. The molecule has 2 amide bonds. The Morgan fingerprint density at radius 1 is 1.00 bits per heavy atom. The maximum Gasteiger partial charge on any atom is 0.362 e. The van der Waals surface area contributed by atoms with E-state index in [9.17, 15) is 9.59 Å². The number of fused-ring (bicyclic) bond motifs is 1. The highest BCUT2D eigenvalue weighted by molar-refractivity contribution is 6.05. The van der Waals surface area contributed by atoms with Crippen LogP contribution in [0.4, 0.5) is 21.9 Å². The fourth-order valence-electron chi connectivity index (χ4n) is 3.84. The van der Waals surface area contributed by atoms with Crippen molar-refractivity contribution in [1.82, 2.24) is 0 Å². The molecule has 1 heterocycles. The number of methoxy groups -OCH3 is 1. The summed E-state index contributed by atoms with van der Waals surface area (Å²) in [5.41, 5.74) is 1.17. The molecule has 1 fully saturated rings. The predicted octanol–water partition coefficient (Wildman–Crippen LogP) is 5.19. The van der Waals surface area contributed by atoms with E-state index in [0.717, 1.165) is 31.1 Å². The maximum absolute atomic E-state index is 12.7. The van der Waals surface area contributed by atoms with Gasteiger partial charge in [0, 0.05) is 23.2 Å². The number of para-hydroxylation sites is 1. The molecule has 3 aromatic rings. The predicted molar refractivity (Wildman–Crippen MR) is 119 cm³/mol. The zero-order chi connectivity index (χ0) is 20.9. The van der Waals surface area contributed by atoms with Gasteiger partial charge in [-0.1, -0.05) is 37.5 Å². The molecule has 7 heteroatoms. The van der Waals surface area contributed by atoms with Crippen LogP contribution in [0, 0.1) is 0 Å². The molecule has 0 bridgehead atoms. The first-order valence-electron chi connectivity index (χ1n) is 10.2. The van der Waals surface area contributed by atoms with Gasteiger partial charge >= 0.3 is 11.7 Å². The zero-order valence-electron chi connectivity index (χ0n) is 16.9. The number of urea groups is 1. The monoisotopic (exact) mass is 407 g/mol. The van der Waals surface area contributed by atoms with Crippen LogP contribution in [0.5, 0.6) is 5.75 Å². The average molecular weight is 407 g/mol. The molecule has 1 aliphatic rings. The number of ether oxygens (including phenoxy) is 1. The molecule has 0 aliphatic heterocycles. The quantitative estimate of drug-likeness (QED) is 0.506. The van der Waals surface area contributed by atoms with Gasteiger partial charge in [-0.05, 0) is 37.1 Å². The number of anilines is 3. The number of nitrogens with one attached hydrogen (secondary N) is 3. The molecular formula is C23H25N3O4. The number of hydrogen-bond donors (Lipinski definition) is 3. The smallest absolute Gasteiger partial charge is 0.362 e. The standard InChI is InChI=1S/C23H25N3O4/c1-29-17-11-7-10-16(14-17)25-23(28)26-21-20(24-15-8-3-2-4-9-15)18-12-5-6-13-19(18)30-22(21)27/h5-7,10-15,24H,2-4,8-9H2,1H3,(H2,25,26,28). The highest BCUT2D eigenvalue weighted by atomic mass is 16.5. The van der Waals surface area contributed by atoms with Crippen LogP contribution in [0.3, 0.4) is 0 Å². The summed E-state index contributed by atoms with van der Waals surface area (Å²) in [6, 6.07) is 14.1. The number of benzene rings is 2. The van der Waals surface area contributed by atoms with E-state index in [1.807, 2.05) is 18.2 Å². The van der Waals surface area contributed by atoms with Gasteiger partial charge in [0.15, 0.2) is 5.69 Å². The Morgan fingerprint density at radius 2 is 1.80 bits per heavy atom. The molecule has 156 valence electrons. The summed E-state index contributed by atoms with van der Waals surface area (Å²) in [6.07, 6.45) is 5.59. The van der Waals surface area contributed by atoms with Gasteiger partial charge in [-0.3, -0.25) is 5.32 Å². The van der Waals surface area contributed by atoms with Crippen LogP contribution in [-0.2, 0) is 0 Å². The van der Waals surface area contributed by atoms with Gasteiger partial charge in [0.2, 0.25) is 0 Å². The van der Waals surface area contributed by atoms with E-state index in [-0.39, 0.29) is 11.7 Å². The molecule has 0 spiro atoms. The summed E-state index contributed by atoms with van der Waals surface area (Å²) in [6.45, 7) is 0. The second-order valence-corrected chi connectivity index (χ2v) is 7.43. The van der Waals surface area contributed by atoms with Crippen molar-refractivity contribution in [2.75, 3.05) is 23.1 Å². The van der Waals surface area contributed by atoms with Crippen LogP contribution in [0.1, 0.15) is 32.1 Å². The molecule has 7 nitrogen and oxygen atoms in total. The van der Waals surface area contributed by atoms with Gasteiger partial charge in [-0.25, -0.2) is 9.59 Å². The van der Waals surface area contributed by atoms with Crippen LogP contribution >= 0.6 is 0 Å². The minimum atomic E-state index is -0.590. The van der Waals surface area contributed by atoms with Crippen LogP contribution in [0.25, 0.3) is 11.0 Å². The number of rotatable bonds is 5. The minimum absolute atomic E-state index is 0.111. The fourth-order valence-corrected chi connectivity index (χ4v) is 3.84. The van der Waals surface area contributed by atoms with E-state index in [1.165, 1.54) is 6.42 Å². The van der Waals surface area contributed by atoms with Crippen LogP contribution < -0.4 is 26.3 Å². The lowest BCUT2D eigenvalue weighted by Crippen LogP contribution is -2.27. The Labute approximate surface area is 174 Å². The zero-order valence-corrected chi connectivity index (χ0v) is 16.9. The van der Waals surface area contributed by atoms with Crippen LogP contribution in [-0.4, -0.2) is 19.2 Å². The molecule has 1 saturated carbocycles. The third-order valence-corrected chi connectivity index (χ3v) is 5.33. The highest BCUT2D eigenvalue weighted by Gasteiger charge is 2.21. The number of hydrogen-bond acceptors (Lipinski definition) is 5. The molecule has 2 aromatic carbocycles. The van der Waals surface area contributed by atoms with Gasteiger partial charge in [-0.2, -0.15) is 0 Å². The Hall–Kier alpha value is -3.48. The first-order valence-corrected chi connectivity index (χ1v) is 10.2. The Balaban J connectivity index is 1.64. The van der Waals surface area contributed by atoms with Gasteiger partial charge in [0.05, 0.1) is 12.8 Å². The van der Waals surface area contributed by atoms with E-state index < -0.39 is 11.7 Å². The normalized spacial score (nSPS) is 14.3. The molecule has 0 saturated heterocycles. The Bertz CT molecular complexity index is 1100. The molecule has 3 N–H and O–H groups in total. The minimum Gasteiger partial charge on any atom is -0.497 e. The van der Waals surface area contributed by atoms with Crippen molar-refractivity contribution in [3.05, 3.63) is 59.0 Å². The third-order valence-electron chi connectivity index (χ3n) is 5.33. The number of carbonyl (C=O) groups is 1. The van der Waals surface area contributed by atoms with E-state index >= 15 is 0 Å². The van der Waals surface area contributed by atoms with Crippen molar-refractivity contribution in [2.24, 2.45) is 0 Å². The fraction of sp³-hybridized carbons (Fsp3) is 0.304.